The van der Waals surface area contributed by atoms with Crippen molar-refractivity contribution in [1.29, 1.82) is 0 Å². The Morgan fingerprint density at radius 2 is 1.86 bits per heavy atom. The Hall–Kier alpha value is -0.0800. The van der Waals surface area contributed by atoms with Gasteiger partial charge in [0.1, 0.15) is 0 Å². The summed E-state index contributed by atoms with van der Waals surface area (Å²) in [6, 6.07) is 1.54. The Labute approximate surface area is 87.8 Å². The molecule has 0 radical (unpaired) electrons. The van der Waals surface area contributed by atoms with Crippen LogP contribution in [0.1, 0.15) is 45.4 Å². The molecule has 2 rings (SSSR count). The second-order valence-electron chi connectivity index (χ2n) is 5.10. The minimum Gasteiger partial charge on any atom is -0.329 e. The van der Waals surface area contributed by atoms with Crippen molar-refractivity contribution in [2.45, 2.75) is 57.5 Å². The highest BCUT2D eigenvalue weighted by Gasteiger charge is 2.34. The van der Waals surface area contributed by atoms with Gasteiger partial charge in [0.15, 0.2) is 0 Å². The van der Waals surface area contributed by atoms with Gasteiger partial charge in [-0.1, -0.05) is 26.2 Å². The van der Waals surface area contributed by atoms with Crippen LogP contribution in [0.25, 0.3) is 0 Å². The van der Waals surface area contributed by atoms with Crippen molar-refractivity contribution in [2.75, 3.05) is 13.1 Å². The summed E-state index contributed by atoms with van der Waals surface area (Å²) in [6.07, 6.45) is 8.53. The summed E-state index contributed by atoms with van der Waals surface area (Å²) in [6.45, 7) is 4.52. The zero-order valence-electron chi connectivity index (χ0n) is 9.41. The van der Waals surface area contributed by atoms with Crippen molar-refractivity contribution in [3.63, 3.8) is 0 Å². The Morgan fingerprint density at radius 3 is 2.50 bits per heavy atom. The van der Waals surface area contributed by atoms with Crippen LogP contribution in [0, 0.1) is 5.92 Å². The van der Waals surface area contributed by atoms with Crippen molar-refractivity contribution in [3.8, 4) is 0 Å². The van der Waals surface area contributed by atoms with E-state index in [-0.39, 0.29) is 0 Å². The molecule has 2 heteroatoms. The van der Waals surface area contributed by atoms with Crippen LogP contribution in [0.5, 0.6) is 0 Å². The summed E-state index contributed by atoms with van der Waals surface area (Å²) in [5.41, 5.74) is 5.88. The molecule has 82 valence electrons. The maximum atomic E-state index is 5.88. The summed E-state index contributed by atoms with van der Waals surface area (Å²) in [7, 11) is 0. The van der Waals surface area contributed by atoms with Gasteiger partial charge in [-0.05, 0) is 31.7 Å². The van der Waals surface area contributed by atoms with Gasteiger partial charge in [0, 0.05) is 18.6 Å². The molecule has 14 heavy (non-hydrogen) atoms. The lowest BCUT2D eigenvalue weighted by atomic mass is 9.93. The summed E-state index contributed by atoms with van der Waals surface area (Å²) in [4.78, 5) is 2.71. The third kappa shape index (κ3) is 1.96. The zero-order chi connectivity index (χ0) is 9.97. The summed E-state index contributed by atoms with van der Waals surface area (Å²) in [5, 5.41) is 0. The van der Waals surface area contributed by atoms with E-state index >= 15 is 0 Å². The lowest BCUT2D eigenvalue weighted by Crippen LogP contribution is -2.45. The monoisotopic (exact) mass is 196 g/mol. The summed E-state index contributed by atoms with van der Waals surface area (Å²) < 4.78 is 0. The summed E-state index contributed by atoms with van der Waals surface area (Å²) in [5.74, 6) is 0.821. The molecule has 0 aromatic heterocycles. The van der Waals surface area contributed by atoms with Crippen molar-refractivity contribution in [2.24, 2.45) is 11.7 Å². The predicted octanol–water partition coefficient (Wildman–Crippen LogP) is 1.99. The molecule has 0 bridgehead atoms. The van der Waals surface area contributed by atoms with Gasteiger partial charge in [-0.3, -0.25) is 4.90 Å². The second-order valence-corrected chi connectivity index (χ2v) is 5.10. The number of rotatable bonds is 2. The van der Waals surface area contributed by atoms with E-state index in [0.29, 0.717) is 6.04 Å². The van der Waals surface area contributed by atoms with Gasteiger partial charge in [0.2, 0.25) is 0 Å². The van der Waals surface area contributed by atoms with Crippen molar-refractivity contribution in [1.82, 2.24) is 4.90 Å². The predicted molar refractivity (Wildman–Crippen MR) is 60.2 cm³/mol. The van der Waals surface area contributed by atoms with Crippen molar-refractivity contribution >= 4 is 0 Å². The van der Waals surface area contributed by atoms with Crippen LogP contribution >= 0.6 is 0 Å². The fourth-order valence-corrected chi connectivity index (χ4v) is 3.27. The van der Waals surface area contributed by atoms with E-state index in [1.165, 1.54) is 45.1 Å². The Bertz CT molecular complexity index is 175. The van der Waals surface area contributed by atoms with Crippen LogP contribution in [0.15, 0.2) is 0 Å². The smallest absolute Gasteiger partial charge is 0.0247 e. The molecule has 1 aliphatic heterocycles. The minimum atomic E-state index is 0.679. The van der Waals surface area contributed by atoms with Crippen LogP contribution in [0.2, 0.25) is 0 Å². The normalized spacial score (nSPS) is 36.4. The zero-order valence-corrected chi connectivity index (χ0v) is 9.41. The first-order valence-electron chi connectivity index (χ1n) is 6.28. The Balaban J connectivity index is 1.95. The maximum Gasteiger partial charge on any atom is 0.0247 e. The Morgan fingerprint density at radius 1 is 1.14 bits per heavy atom. The van der Waals surface area contributed by atoms with Gasteiger partial charge in [-0.25, -0.2) is 0 Å². The fraction of sp³-hybridized carbons (Fsp3) is 1.00. The SMILES string of the molecule is CC1CCN(C2CCCCC2)C1CN. The van der Waals surface area contributed by atoms with Gasteiger partial charge in [-0.2, -0.15) is 0 Å². The molecular weight excluding hydrogens is 172 g/mol. The summed E-state index contributed by atoms with van der Waals surface area (Å²) >= 11 is 0. The molecule has 2 atom stereocenters. The fourth-order valence-electron chi connectivity index (χ4n) is 3.27. The first kappa shape index (κ1) is 10.4. The largest absolute Gasteiger partial charge is 0.329 e. The van der Waals surface area contributed by atoms with Crippen LogP contribution in [-0.4, -0.2) is 30.1 Å². The van der Waals surface area contributed by atoms with Gasteiger partial charge in [0.05, 0.1) is 0 Å². The van der Waals surface area contributed by atoms with E-state index in [1.807, 2.05) is 0 Å². The molecule has 0 aromatic carbocycles. The standard InChI is InChI=1S/C12H24N2/c1-10-7-8-14(12(10)9-13)11-5-3-2-4-6-11/h10-12H,2-9,13H2,1H3. The molecule has 2 N–H and O–H groups in total. The molecular formula is C12H24N2. The quantitative estimate of drug-likeness (QED) is 0.732. The number of hydrogen-bond donors (Lipinski definition) is 1. The van der Waals surface area contributed by atoms with E-state index < -0.39 is 0 Å². The molecule has 0 aromatic rings. The van der Waals surface area contributed by atoms with Gasteiger partial charge in [-0.15, -0.1) is 0 Å². The van der Waals surface area contributed by atoms with Crippen LogP contribution in [0.4, 0.5) is 0 Å². The topological polar surface area (TPSA) is 29.3 Å². The highest BCUT2D eigenvalue weighted by molar-refractivity contribution is 4.90. The molecule has 1 saturated heterocycles. The molecule has 1 saturated carbocycles. The van der Waals surface area contributed by atoms with Crippen LogP contribution in [0.3, 0.4) is 0 Å². The Kier molecular flexibility index (Phi) is 3.45. The lowest BCUT2D eigenvalue weighted by Gasteiger charge is -2.36. The first-order valence-corrected chi connectivity index (χ1v) is 6.28. The van der Waals surface area contributed by atoms with E-state index in [2.05, 4.69) is 11.8 Å². The maximum absolute atomic E-state index is 5.88. The number of hydrogen-bond acceptors (Lipinski definition) is 2. The van der Waals surface area contributed by atoms with Gasteiger partial charge >= 0.3 is 0 Å². The molecule has 0 spiro atoms. The lowest BCUT2D eigenvalue weighted by molar-refractivity contribution is 0.134. The molecule has 2 unspecified atom stereocenters. The van der Waals surface area contributed by atoms with Gasteiger partial charge < -0.3 is 5.73 Å². The van der Waals surface area contributed by atoms with E-state index in [1.54, 1.807) is 0 Å². The molecule has 1 heterocycles. The third-order valence-electron chi connectivity index (χ3n) is 4.21. The van der Waals surface area contributed by atoms with E-state index in [4.69, 9.17) is 5.73 Å². The van der Waals surface area contributed by atoms with E-state index in [0.717, 1.165) is 18.5 Å². The van der Waals surface area contributed by atoms with Crippen LogP contribution < -0.4 is 5.73 Å². The average molecular weight is 196 g/mol. The first-order chi connectivity index (χ1) is 6.83. The third-order valence-corrected chi connectivity index (χ3v) is 4.21. The van der Waals surface area contributed by atoms with E-state index in [9.17, 15) is 0 Å². The molecule has 2 aliphatic rings. The van der Waals surface area contributed by atoms with Crippen LogP contribution in [-0.2, 0) is 0 Å². The molecule has 2 fully saturated rings. The molecule has 2 nitrogen and oxygen atoms in total. The number of likely N-dealkylation sites (tertiary alicyclic amines) is 1. The van der Waals surface area contributed by atoms with Crippen molar-refractivity contribution in [3.05, 3.63) is 0 Å². The highest BCUT2D eigenvalue weighted by atomic mass is 15.2. The average Bonchev–Trinajstić information content (AvgIpc) is 2.61. The molecule has 0 amide bonds. The second kappa shape index (κ2) is 4.63. The van der Waals surface area contributed by atoms with Gasteiger partial charge in [0.25, 0.3) is 0 Å². The minimum absolute atomic E-state index is 0.679. The number of nitrogens with two attached hydrogens (primary N) is 1. The molecule has 1 aliphatic carbocycles. The number of nitrogens with zero attached hydrogens (tertiary/aromatic N) is 1. The highest BCUT2D eigenvalue weighted by Crippen LogP contribution is 2.31. The van der Waals surface area contributed by atoms with Crippen molar-refractivity contribution < 1.29 is 0 Å².